The van der Waals surface area contributed by atoms with E-state index in [4.69, 9.17) is 10.3 Å². The van der Waals surface area contributed by atoms with E-state index < -0.39 is 0 Å². The first-order chi connectivity index (χ1) is 8.84. The van der Waals surface area contributed by atoms with Crippen LogP contribution in [0.15, 0.2) is 53.2 Å². The number of rotatable bonds is 2. The summed E-state index contributed by atoms with van der Waals surface area (Å²) in [5, 5.41) is 3.90. The Balaban J connectivity index is 2.03. The first-order valence-corrected chi connectivity index (χ1v) is 5.44. The van der Waals surface area contributed by atoms with Crippen molar-refractivity contribution in [2.24, 2.45) is 0 Å². The van der Waals surface area contributed by atoms with Crippen LogP contribution in [0.5, 0.6) is 0 Å². The van der Waals surface area contributed by atoms with E-state index in [1.165, 1.54) is 0 Å². The summed E-state index contributed by atoms with van der Waals surface area (Å²) in [5.74, 6) is 0.850. The zero-order valence-corrected chi connectivity index (χ0v) is 9.45. The Labute approximate surface area is 103 Å². The van der Waals surface area contributed by atoms with Gasteiger partial charge in [0.25, 0.3) is 5.89 Å². The van der Waals surface area contributed by atoms with Crippen LogP contribution in [-0.4, -0.2) is 15.1 Å². The second kappa shape index (κ2) is 4.29. The molecule has 3 aromatic rings. The third kappa shape index (κ3) is 1.82. The summed E-state index contributed by atoms with van der Waals surface area (Å²) in [7, 11) is 0. The molecular formula is C13H10N4O. The van der Waals surface area contributed by atoms with Gasteiger partial charge in [-0.1, -0.05) is 23.4 Å². The number of nitrogens with two attached hydrogens (primary N) is 1. The number of pyridine rings is 1. The van der Waals surface area contributed by atoms with Crippen molar-refractivity contribution in [2.45, 2.75) is 0 Å². The summed E-state index contributed by atoms with van der Waals surface area (Å²) in [6.45, 7) is 0. The summed E-state index contributed by atoms with van der Waals surface area (Å²) in [5.41, 5.74) is 7.86. The van der Waals surface area contributed by atoms with Crippen LogP contribution >= 0.6 is 0 Å². The highest BCUT2D eigenvalue weighted by Crippen LogP contribution is 2.25. The van der Waals surface area contributed by atoms with Crippen molar-refractivity contribution >= 4 is 5.69 Å². The summed E-state index contributed by atoms with van der Waals surface area (Å²) in [4.78, 5) is 8.45. The number of nitrogens with zero attached hydrogens (tertiary/aromatic N) is 3. The lowest BCUT2D eigenvalue weighted by molar-refractivity contribution is 0.432. The third-order valence-corrected chi connectivity index (χ3v) is 2.51. The quantitative estimate of drug-likeness (QED) is 0.693. The monoisotopic (exact) mass is 238 g/mol. The maximum atomic E-state index is 5.86. The minimum Gasteiger partial charge on any atom is -0.398 e. The normalized spacial score (nSPS) is 10.4. The van der Waals surface area contributed by atoms with Crippen molar-refractivity contribution in [3.05, 3.63) is 48.7 Å². The van der Waals surface area contributed by atoms with Gasteiger partial charge in [-0.3, -0.25) is 4.98 Å². The van der Waals surface area contributed by atoms with Gasteiger partial charge in [0.05, 0.1) is 5.56 Å². The second-order valence-electron chi connectivity index (χ2n) is 3.73. The Hall–Kier alpha value is -2.69. The van der Waals surface area contributed by atoms with Crippen LogP contribution in [0.2, 0.25) is 0 Å². The molecule has 2 heterocycles. The average Bonchev–Trinajstić information content (AvgIpc) is 2.90. The SMILES string of the molecule is Nc1ccccc1-c1nc(-c2ccccn2)no1. The molecule has 2 N–H and O–H groups in total. The van der Waals surface area contributed by atoms with Gasteiger partial charge in [-0.25, -0.2) is 0 Å². The first kappa shape index (κ1) is 10.5. The van der Waals surface area contributed by atoms with Gasteiger partial charge in [0.15, 0.2) is 0 Å². The van der Waals surface area contributed by atoms with Gasteiger partial charge < -0.3 is 10.3 Å². The molecule has 0 fully saturated rings. The molecule has 0 aliphatic heterocycles. The predicted molar refractivity (Wildman–Crippen MR) is 67.4 cm³/mol. The van der Waals surface area contributed by atoms with Crippen molar-refractivity contribution in [1.29, 1.82) is 0 Å². The van der Waals surface area contributed by atoms with Crippen molar-refractivity contribution in [1.82, 2.24) is 15.1 Å². The van der Waals surface area contributed by atoms with Crippen LogP contribution in [0, 0.1) is 0 Å². The van der Waals surface area contributed by atoms with Gasteiger partial charge >= 0.3 is 0 Å². The van der Waals surface area contributed by atoms with E-state index in [0.717, 1.165) is 5.56 Å². The summed E-state index contributed by atoms with van der Waals surface area (Å²) in [6.07, 6.45) is 1.68. The van der Waals surface area contributed by atoms with Gasteiger partial charge in [0.2, 0.25) is 5.82 Å². The molecule has 88 valence electrons. The van der Waals surface area contributed by atoms with Crippen LogP contribution in [0.25, 0.3) is 23.0 Å². The topological polar surface area (TPSA) is 77.8 Å². The van der Waals surface area contributed by atoms with Gasteiger partial charge in [0.1, 0.15) is 5.69 Å². The van der Waals surface area contributed by atoms with E-state index in [0.29, 0.717) is 23.1 Å². The first-order valence-electron chi connectivity index (χ1n) is 5.44. The fraction of sp³-hybridized carbons (Fsp3) is 0. The lowest BCUT2D eigenvalue weighted by atomic mass is 10.2. The van der Waals surface area contributed by atoms with E-state index >= 15 is 0 Å². The van der Waals surface area contributed by atoms with Gasteiger partial charge in [-0.15, -0.1) is 0 Å². The molecule has 18 heavy (non-hydrogen) atoms. The van der Waals surface area contributed by atoms with E-state index in [-0.39, 0.29) is 0 Å². The van der Waals surface area contributed by atoms with Crippen molar-refractivity contribution in [3.8, 4) is 23.0 Å². The van der Waals surface area contributed by atoms with Crippen LogP contribution in [0.3, 0.4) is 0 Å². The van der Waals surface area contributed by atoms with Crippen molar-refractivity contribution in [3.63, 3.8) is 0 Å². The zero-order valence-electron chi connectivity index (χ0n) is 9.45. The van der Waals surface area contributed by atoms with Crippen LogP contribution in [-0.2, 0) is 0 Å². The molecule has 0 radical (unpaired) electrons. The number of nitrogen functional groups attached to an aromatic ring is 1. The highest BCUT2D eigenvalue weighted by molar-refractivity contribution is 5.70. The number of para-hydroxylation sites is 1. The number of benzene rings is 1. The molecule has 1 aromatic carbocycles. The maximum Gasteiger partial charge on any atom is 0.260 e. The minimum absolute atomic E-state index is 0.397. The zero-order chi connectivity index (χ0) is 12.4. The van der Waals surface area contributed by atoms with E-state index in [1.54, 1.807) is 12.3 Å². The number of hydrogen-bond donors (Lipinski definition) is 1. The highest BCUT2D eigenvalue weighted by atomic mass is 16.5. The van der Waals surface area contributed by atoms with Crippen LogP contribution in [0.4, 0.5) is 5.69 Å². The van der Waals surface area contributed by atoms with Crippen molar-refractivity contribution < 1.29 is 4.52 Å². The standard InChI is InChI=1S/C13H10N4O/c14-10-6-2-1-5-9(10)13-16-12(17-18-13)11-7-3-4-8-15-11/h1-8H,14H2. The Morgan fingerprint density at radius 2 is 1.83 bits per heavy atom. The summed E-state index contributed by atoms with van der Waals surface area (Å²) in [6, 6.07) is 12.9. The highest BCUT2D eigenvalue weighted by Gasteiger charge is 2.12. The number of anilines is 1. The van der Waals surface area contributed by atoms with Gasteiger partial charge in [0, 0.05) is 11.9 Å². The molecule has 0 saturated carbocycles. The average molecular weight is 238 g/mol. The lowest BCUT2D eigenvalue weighted by Crippen LogP contribution is -1.89. The second-order valence-corrected chi connectivity index (χ2v) is 3.73. The van der Waals surface area contributed by atoms with Crippen molar-refractivity contribution in [2.75, 3.05) is 5.73 Å². The molecule has 0 atom stereocenters. The molecule has 0 spiro atoms. The largest absolute Gasteiger partial charge is 0.398 e. The van der Waals surface area contributed by atoms with E-state index in [2.05, 4.69) is 15.1 Å². The van der Waals surface area contributed by atoms with E-state index in [9.17, 15) is 0 Å². The van der Waals surface area contributed by atoms with Crippen LogP contribution < -0.4 is 5.73 Å². The molecule has 0 aliphatic rings. The molecule has 0 amide bonds. The number of aromatic nitrogens is 3. The lowest BCUT2D eigenvalue weighted by Gasteiger charge is -1.97. The third-order valence-electron chi connectivity index (χ3n) is 2.51. The molecule has 0 saturated heterocycles. The Bertz CT molecular complexity index is 664. The molecule has 3 rings (SSSR count). The minimum atomic E-state index is 0.397. The van der Waals surface area contributed by atoms with Gasteiger partial charge in [-0.05, 0) is 24.3 Å². The van der Waals surface area contributed by atoms with E-state index in [1.807, 2.05) is 36.4 Å². The molecule has 5 nitrogen and oxygen atoms in total. The molecule has 5 heteroatoms. The molecule has 0 unspecified atom stereocenters. The number of hydrogen-bond acceptors (Lipinski definition) is 5. The Morgan fingerprint density at radius 1 is 1.00 bits per heavy atom. The summed E-state index contributed by atoms with van der Waals surface area (Å²) < 4.78 is 5.20. The Morgan fingerprint density at radius 3 is 2.61 bits per heavy atom. The van der Waals surface area contributed by atoms with Crippen LogP contribution in [0.1, 0.15) is 0 Å². The molecule has 0 bridgehead atoms. The summed E-state index contributed by atoms with van der Waals surface area (Å²) >= 11 is 0. The fourth-order valence-electron chi connectivity index (χ4n) is 1.62. The fourth-order valence-corrected chi connectivity index (χ4v) is 1.62. The predicted octanol–water partition coefficient (Wildman–Crippen LogP) is 2.38. The Kier molecular flexibility index (Phi) is 2.49. The molecule has 2 aromatic heterocycles. The van der Waals surface area contributed by atoms with Gasteiger partial charge in [-0.2, -0.15) is 4.98 Å². The maximum absolute atomic E-state index is 5.86. The molecular weight excluding hydrogens is 228 g/mol. The molecule has 0 aliphatic carbocycles. The smallest absolute Gasteiger partial charge is 0.260 e.